The summed E-state index contributed by atoms with van der Waals surface area (Å²) in [5.74, 6) is 2.08. The molecule has 1 aliphatic carbocycles. The van der Waals surface area contributed by atoms with Gasteiger partial charge in [0.1, 0.15) is 0 Å². The third kappa shape index (κ3) is 10.6. The lowest BCUT2D eigenvalue weighted by atomic mass is 9.79. The van der Waals surface area contributed by atoms with Gasteiger partial charge in [0.2, 0.25) is 0 Å². The fourth-order valence-electron chi connectivity index (χ4n) is 4.77. The normalized spacial score (nSPS) is 16.2. The van der Waals surface area contributed by atoms with E-state index in [4.69, 9.17) is 0 Å². The van der Waals surface area contributed by atoms with Gasteiger partial charge in [-0.25, -0.2) is 0 Å². The van der Waals surface area contributed by atoms with Crippen LogP contribution in [-0.4, -0.2) is 11.6 Å². The highest BCUT2D eigenvalue weighted by atomic mass is 16.1. The average Bonchev–Trinajstić information content (AvgIpc) is 2.73. The third-order valence-electron chi connectivity index (χ3n) is 7.13. The second-order valence-electron chi connectivity index (χ2n) is 11.3. The van der Waals surface area contributed by atoms with Crippen molar-refractivity contribution in [3.63, 3.8) is 0 Å². The van der Waals surface area contributed by atoms with E-state index in [9.17, 15) is 9.59 Å². The second kappa shape index (κ2) is 15.6. The lowest BCUT2D eigenvalue weighted by molar-refractivity contribution is -0.116. The Morgan fingerprint density at radius 2 is 0.969 bits per heavy atom. The van der Waals surface area contributed by atoms with Crippen LogP contribution in [0.4, 0.5) is 0 Å². The molecule has 1 rings (SSSR count). The van der Waals surface area contributed by atoms with Gasteiger partial charge in [-0.2, -0.15) is 0 Å². The number of unbranched alkanes of at least 4 members (excludes halogenated alkanes) is 8. The van der Waals surface area contributed by atoms with E-state index in [-0.39, 0.29) is 11.6 Å². The molecule has 0 N–H and O–H groups in total. The SMILES string of the molecule is CC1=C(C)C(=O)C(CC(C)C)=C(CCC(C)CCCCCCCCCCCC(C)C)C1=O. The summed E-state index contributed by atoms with van der Waals surface area (Å²) in [6, 6.07) is 0. The monoisotopic (exact) mass is 444 g/mol. The minimum Gasteiger partial charge on any atom is -0.289 e. The largest absolute Gasteiger partial charge is 0.289 e. The van der Waals surface area contributed by atoms with Crippen LogP contribution in [0.2, 0.25) is 0 Å². The van der Waals surface area contributed by atoms with Crippen molar-refractivity contribution in [2.24, 2.45) is 17.8 Å². The Hall–Kier alpha value is -1.18. The first-order valence-electron chi connectivity index (χ1n) is 13.6. The van der Waals surface area contributed by atoms with Crippen LogP contribution in [0.3, 0.4) is 0 Å². The predicted octanol–water partition coefficient (Wildman–Crippen LogP) is 9.18. The molecule has 0 radical (unpaired) electrons. The van der Waals surface area contributed by atoms with Crippen molar-refractivity contribution in [1.82, 2.24) is 0 Å². The van der Waals surface area contributed by atoms with Gasteiger partial charge in [0, 0.05) is 22.3 Å². The van der Waals surface area contributed by atoms with E-state index < -0.39 is 0 Å². The Bertz CT molecular complexity index is 648. The Morgan fingerprint density at radius 1 is 0.531 bits per heavy atom. The van der Waals surface area contributed by atoms with Gasteiger partial charge in [0.15, 0.2) is 11.6 Å². The molecule has 0 fully saturated rings. The van der Waals surface area contributed by atoms with Gasteiger partial charge in [-0.3, -0.25) is 9.59 Å². The first-order valence-corrected chi connectivity index (χ1v) is 13.6. The Labute approximate surface area is 199 Å². The fraction of sp³-hybridized carbons (Fsp3) is 0.800. The van der Waals surface area contributed by atoms with E-state index in [1.54, 1.807) is 0 Å². The van der Waals surface area contributed by atoms with Crippen LogP contribution in [0.5, 0.6) is 0 Å². The summed E-state index contributed by atoms with van der Waals surface area (Å²) >= 11 is 0. The summed E-state index contributed by atoms with van der Waals surface area (Å²) in [5.41, 5.74) is 2.92. The van der Waals surface area contributed by atoms with Gasteiger partial charge < -0.3 is 0 Å². The van der Waals surface area contributed by atoms with Crippen molar-refractivity contribution >= 4 is 11.6 Å². The molecule has 2 nitrogen and oxygen atoms in total. The van der Waals surface area contributed by atoms with Crippen LogP contribution in [0.1, 0.15) is 138 Å². The lowest BCUT2D eigenvalue weighted by Gasteiger charge is -2.23. The fourth-order valence-corrected chi connectivity index (χ4v) is 4.77. The summed E-state index contributed by atoms with van der Waals surface area (Å²) in [7, 11) is 0. The molecule has 0 aliphatic heterocycles. The standard InChI is InChI=1S/C30H52O2/c1-22(2)17-15-13-11-9-8-10-12-14-16-18-24(5)19-20-27-28(21-23(3)4)30(32)26(7)25(6)29(27)31/h22-24H,8-21H2,1-7H3. The number of allylic oxidation sites excluding steroid dienone is 4. The molecule has 32 heavy (non-hydrogen) atoms. The molecule has 1 aliphatic rings. The molecule has 0 bridgehead atoms. The Kier molecular flexibility index (Phi) is 14.1. The molecule has 0 aromatic rings. The topological polar surface area (TPSA) is 34.1 Å². The van der Waals surface area contributed by atoms with Gasteiger partial charge in [-0.05, 0) is 50.9 Å². The first kappa shape index (κ1) is 28.9. The van der Waals surface area contributed by atoms with E-state index >= 15 is 0 Å². The zero-order chi connectivity index (χ0) is 24.1. The van der Waals surface area contributed by atoms with Crippen molar-refractivity contribution in [1.29, 1.82) is 0 Å². The molecule has 0 saturated carbocycles. The number of carbonyl (C=O) groups is 2. The maximum Gasteiger partial charge on any atom is 0.185 e. The molecule has 0 amide bonds. The number of ketones is 2. The quantitative estimate of drug-likeness (QED) is 0.165. The zero-order valence-corrected chi connectivity index (χ0v) is 22.4. The van der Waals surface area contributed by atoms with E-state index in [2.05, 4.69) is 34.6 Å². The van der Waals surface area contributed by atoms with Gasteiger partial charge in [0.25, 0.3) is 0 Å². The van der Waals surface area contributed by atoms with E-state index in [0.29, 0.717) is 23.0 Å². The van der Waals surface area contributed by atoms with E-state index in [1.165, 1.54) is 70.6 Å². The summed E-state index contributed by atoms with van der Waals surface area (Å²) in [6.07, 6.45) is 17.5. The molecule has 184 valence electrons. The number of carbonyl (C=O) groups excluding carboxylic acids is 2. The molecule has 0 heterocycles. The van der Waals surface area contributed by atoms with Crippen LogP contribution in [-0.2, 0) is 9.59 Å². The molecular formula is C30H52O2. The molecular weight excluding hydrogens is 392 g/mol. The number of hydrogen-bond acceptors (Lipinski definition) is 2. The molecule has 0 saturated heterocycles. The average molecular weight is 445 g/mol. The summed E-state index contributed by atoms with van der Waals surface area (Å²) in [6.45, 7) is 14.8. The van der Waals surface area contributed by atoms with Crippen LogP contribution < -0.4 is 0 Å². The minimum atomic E-state index is 0.110. The molecule has 0 aromatic carbocycles. The van der Waals surface area contributed by atoms with Gasteiger partial charge >= 0.3 is 0 Å². The van der Waals surface area contributed by atoms with Crippen molar-refractivity contribution < 1.29 is 9.59 Å². The smallest absolute Gasteiger partial charge is 0.185 e. The highest BCUT2D eigenvalue weighted by Crippen LogP contribution is 2.32. The van der Waals surface area contributed by atoms with E-state index in [0.717, 1.165) is 36.3 Å². The van der Waals surface area contributed by atoms with Crippen LogP contribution in [0, 0.1) is 17.8 Å². The Balaban J connectivity index is 2.27. The molecule has 0 aromatic heterocycles. The second-order valence-corrected chi connectivity index (χ2v) is 11.3. The van der Waals surface area contributed by atoms with Gasteiger partial charge in [-0.1, -0.05) is 105 Å². The summed E-state index contributed by atoms with van der Waals surface area (Å²) < 4.78 is 0. The van der Waals surface area contributed by atoms with Crippen LogP contribution in [0.15, 0.2) is 22.3 Å². The van der Waals surface area contributed by atoms with Crippen molar-refractivity contribution in [3.8, 4) is 0 Å². The molecule has 2 heteroatoms. The van der Waals surface area contributed by atoms with Gasteiger partial charge in [-0.15, -0.1) is 0 Å². The lowest BCUT2D eigenvalue weighted by Crippen LogP contribution is -2.23. The Morgan fingerprint density at radius 3 is 1.44 bits per heavy atom. The molecule has 0 spiro atoms. The number of Topliss-reactive ketones (excluding diaryl/α,β-unsaturated/α-hetero) is 2. The van der Waals surface area contributed by atoms with Crippen molar-refractivity contribution in [2.45, 2.75) is 138 Å². The van der Waals surface area contributed by atoms with Crippen molar-refractivity contribution in [2.75, 3.05) is 0 Å². The summed E-state index contributed by atoms with van der Waals surface area (Å²) in [4.78, 5) is 25.7. The maximum absolute atomic E-state index is 12.9. The zero-order valence-electron chi connectivity index (χ0n) is 22.4. The van der Waals surface area contributed by atoms with Gasteiger partial charge in [0.05, 0.1) is 0 Å². The molecule has 1 atom stereocenters. The first-order chi connectivity index (χ1) is 15.1. The summed E-state index contributed by atoms with van der Waals surface area (Å²) in [5, 5.41) is 0. The highest BCUT2D eigenvalue weighted by molar-refractivity contribution is 6.24. The molecule has 1 unspecified atom stereocenters. The number of rotatable bonds is 17. The minimum absolute atomic E-state index is 0.110. The van der Waals surface area contributed by atoms with E-state index in [1.807, 2.05) is 13.8 Å². The number of hydrogen-bond donors (Lipinski definition) is 0. The van der Waals surface area contributed by atoms with Crippen LogP contribution >= 0.6 is 0 Å². The predicted molar refractivity (Wildman–Crippen MR) is 139 cm³/mol. The highest BCUT2D eigenvalue weighted by Gasteiger charge is 2.30. The third-order valence-corrected chi connectivity index (χ3v) is 7.13. The van der Waals surface area contributed by atoms with Crippen LogP contribution in [0.25, 0.3) is 0 Å². The maximum atomic E-state index is 12.9. The van der Waals surface area contributed by atoms with Crippen molar-refractivity contribution in [3.05, 3.63) is 22.3 Å².